The zero-order valence-corrected chi connectivity index (χ0v) is 12.4. The fourth-order valence-electron chi connectivity index (χ4n) is 2.02. The second kappa shape index (κ2) is 7.81. The first-order valence-electron chi connectivity index (χ1n) is 6.57. The van der Waals surface area contributed by atoms with Gasteiger partial charge in [-0.1, -0.05) is 13.8 Å². The van der Waals surface area contributed by atoms with Crippen LogP contribution in [-0.2, 0) is 6.54 Å². The van der Waals surface area contributed by atoms with E-state index in [-0.39, 0.29) is 0 Å². The van der Waals surface area contributed by atoms with E-state index in [4.69, 9.17) is 0 Å². The molecule has 0 radical (unpaired) electrons. The van der Waals surface area contributed by atoms with E-state index in [2.05, 4.69) is 30.5 Å². The highest BCUT2D eigenvalue weighted by atomic mass is 32.2. The van der Waals surface area contributed by atoms with Crippen LogP contribution < -0.4 is 5.32 Å². The summed E-state index contributed by atoms with van der Waals surface area (Å²) >= 11 is 1.91. The molecular formula is C13H25N3OS. The quantitative estimate of drug-likeness (QED) is 0.718. The van der Waals surface area contributed by atoms with Crippen LogP contribution in [0.5, 0.6) is 0 Å². The summed E-state index contributed by atoms with van der Waals surface area (Å²) < 4.78 is 2.05. The van der Waals surface area contributed by atoms with E-state index < -0.39 is 6.10 Å². The van der Waals surface area contributed by atoms with Gasteiger partial charge in [0.25, 0.3) is 0 Å². The summed E-state index contributed by atoms with van der Waals surface area (Å²) in [4.78, 5) is 0. The third-order valence-corrected chi connectivity index (χ3v) is 5.09. The summed E-state index contributed by atoms with van der Waals surface area (Å²) in [6.07, 6.45) is 7.66. The minimum absolute atomic E-state index is 0.297. The van der Waals surface area contributed by atoms with Gasteiger partial charge in [-0.05, 0) is 25.2 Å². The number of aromatic nitrogens is 2. The van der Waals surface area contributed by atoms with Crippen LogP contribution in [0.25, 0.3) is 0 Å². The fraction of sp³-hybridized carbons (Fsp3) is 0.769. The SMILES string of the molecule is CCC(CC)(CNCC(O)Cn1cccn1)SC. The van der Waals surface area contributed by atoms with E-state index in [0.29, 0.717) is 17.8 Å². The summed E-state index contributed by atoms with van der Waals surface area (Å²) in [7, 11) is 0. The Hall–Kier alpha value is -0.520. The molecule has 0 aromatic carbocycles. The molecule has 0 amide bonds. The third-order valence-electron chi connectivity index (χ3n) is 3.51. The highest BCUT2D eigenvalue weighted by Crippen LogP contribution is 2.29. The van der Waals surface area contributed by atoms with Crippen molar-refractivity contribution in [2.45, 2.75) is 44.1 Å². The number of hydrogen-bond acceptors (Lipinski definition) is 4. The molecule has 0 saturated carbocycles. The van der Waals surface area contributed by atoms with Gasteiger partial charge < -0.3 is 10.4 Å². The molecule has 1 heterocycles. The lowest BCUT2D eigenvalue weighted by Crippen LogP contribution is -2.40. The number of aliphatic hydroxyl groups is 1. The number of thioether (sulfide) groups is 1. The van der Waals surface area contributed by atoms with Gasteiger partial charge in [0, 0.05) is 30.2 Å². The van der Waals surface area contributed by atoms with Crippen LogP contribution >= 0.6 is 11.8 Å². The molecule has 4 nitrogen and oxygen atoms in total. The van der Waals surface area contributed by atoms with Crippen molar-refractivity contribution in [3.05, 3.63) is 18.5 Å². The first-order valence-corrected chi connectivity index (χ1v) is 7.79. The number of aliphatic hydroxyl groups excluding tert-OH is 1. The molecule has 104 valence electrons. The van der Waals surface area contributed by atoms with Crippen molar-refractivity contribution in [3.8, 4) is 0 Å². The van der Waals surface area contributed by atoms with E-state index in [0.717, 1.165) is 19.4 Å². The Morgan fingerprint density at radius 2 is 2.17 bits per heavy atom. The van der Waals surface area contributed by atoms with Crippen LogP contribution in [0.2, 0.25) is 0 Å². The van der Waals surface area contributed by atoms with Crippen LogP contribution in [0.3, 0.4) is 0 Å². The second-order valence-corrected chi connectivity index (χ2v) is 5.88. The number of nitrogens with one attached hydrogen (secondary N) is 1. The topological polar surface area (TPSA) is 50.1 Å². The largest absolute Gasteiger partial charge is 0.390 e. The Kier molecular flexibility index (Phi) is 6.75. The molecule has 0 aliphatic rings. The van der Waals surface area contributed by atoms with Gasteiger partial charge in [-0.15, -0.1) is 0 Å². The molecule has 0 bridgehead atoms. The molecular weight excluding hydrogens is 246 g/mol. The monoisotopic (exact) mass is 271 g/mol. The number of nitrogens with zero attached hydrogens (tertiary/aromatic N) is 2. The average molecular weight is 271 g/mol. The van der Waals surface area contributed by atoms with Gasteiger partial charge >= 0.3 is 0 Å². The van der Waals surface area contributed by atoms with Gasteiger partial charge in [0.2, 0.25) is 0 Å². The minimum Gasteiger partial charge on any atom is -0.390 e. The van der Waals surface area contributed by atoms with Gasteiger partial charge in [0.15, 0.2) is 0 Å². The van der Waals surface area contributed by atoms with Crippen LogP contribution in [0, 0.1) is 0 Å². The van der Waals surface area contributed by atoms with Gasteiger partial charge in [0.1, 0.15) is 0 Å². The van der Waals surface area contributed by atoms with Crippen molar-refractivity contribution in [3.63, 3.8) is 0 Å². The van der Waals surface area contributed by atoms with E-state index >= 15 is 0 Å². The standard InChI is InChI=1S/C13H25N3OS/c1-4-13(5-2,18-3)11-14-9-12(17)10-16-8-6-7-15-16/h6-8,12,14,17H,4-5,9-11H2,1-3H3. The highest BCUT2D eigenvalue weighted by molar-refractivity contribution is 8.00. The zero-order valence-electron chi connectivity index (χ0n) is 11.6. The van der Waals surface area contributed by atoms with Gasteiger partial charge in [-0.2, -0.15) is 16.9 Å². The molecule has 1 rings (SSSR count). The normalized spacial score (nSPS) is 13.8. The van der Waals surface area contributed by atoms with Gasteiger partial charge in [-0.25, -0.2) is 0 Å². The number of rotatable bonds is 9. The Bertz CT molecular complexity index is 304. The highest BCUT2D eigenvalue weighted by Gasteiger charge is 2.24. The predicted octanol–water partition coefficient (Wildman–Crippen LogP) is 1.76. The van der Waals surface area contributed by atoms with E-state index in [1.54, 1.807) is 10.9 Å². The first kappa shape index (κ1) is 15.5. The molecule has 0 aliphatic heterocycles. The first-order chi connectivity index (χ1) is 8.65. The molecule has 18 heavy (non-hydrogen) atoms. The van der Waals surface area contributed by atoms with E-state index in [1.165, 1.54) is 0 Å². The molecule has 2 N–H and O–H groups in total. The van der Waals surface area contributed by atoms with Crippen LogP contribution in [0.1, 0.15) is 26.7 Å². The van der Waals surface area contributed by atoms with Crippen molar-refractivity contribution in [1.82, 2.24) is 15.1 Å². The Balaban J connectivity index is 2.28. The lowest BCUT2D eigenvalue weighted by atomic mass is 10.0. The smallest absolute Gasteiger partial charge is 0.0860 e. The van der Waals surface area contributed by atoms with E-state index in [1.807, 2.05) is 24.0 Å². The molecule has 0 saturated heterocycles. The van der Waals surface area contributed by atoms with Crippen LogP contribution in [0.4, 0.5) is 0 Å². The molecule has 1 aromatic heterocycles. The number of hydrogen-bond donors (Lipinski definition) is 2. The predicted molar refractivity (Wildman–Crippen MR) is 77.9 cm³/mol. The molecule has 5 heteroatoms. The summed E-state index contributed by atoms with van der Waals surface area (Å²) in [5.41, 5.74) is 0. The summed E-state index contributed by atoms with van der Waals surface area (Å²) in [6.45, 7) is 6.55. The molecule has 1 aromatic rings. The van der Waals surface area contributed by atoms with Gasteiger partial charge in [-0.3, -0.25) is 4.68 Å². The Labute approximate surface area is 114 Å². The van der Waals surface area contributed by atoms with E-state index in [9.17, 15) is 5.11 Å². The molecule has 1 atom stereocenters. The molecule has 1 unspecified atom stereocenters. The van der Waals surface area contributed by atoms with Crippen molar-refractivity contribution < 1.29 is 5.11 Å². The molecule has 0 fully saturated rings. The molecule has 0 aliphatic carbocycles. The lowest BCUT2D eigenvalue weighted by Gasteiger charge is -2.30. The average Bonchev–Trinajstić information content (AvgIpc) is 2.88. The Morgan fingerprint density at radius 3 is 2.67 bits per heavy atom. The summed E-state index contributed by atoms with van der Waals surface area (Å²) in [5.74, 6) is 0. The van der Waals surface area contributed by atoms with Crippen molar-refractivity contribution in [2.24, 2.45) is 0 Å². The maximum atomic E-state index is 9.91. The van der Waals surface area contributed by atoms with Crippen molar-refractivity contribution in [2.75, 3.05) is 19.3 Å². The summed E-state index contributed by atoms with van der Waals surface area (Å²) in [6, 6.07) is 1.87. The second-order valence-electron chi connectivity index (χ2n) is 4.61. The van der Waals surface area contributed by atoms with Crippen LogP contribution in [-0.4, -0.2) is 45.1 Å². The van der Waals surface area contributed by atoms with Crippen molar-refractivity contribution >= 4 is 11.8 Å². The fourth-order valence-corrected chi connectivity index (χ4v) is 2.84. The maximum Gasteiger partial charge on any atom is 0.0860 e. The minimum atomic E-state index is -0.391. The van der Waals surface area contributed by atoms with Crippen LogP contribution in [0.15, 0.2) is 18.5 Å². The Morgan fingerprint density at radius 1 is 1.44 bits per heavy atom. The maximum absolute atomic E-state index is 9.91. The van der Waals surface area contributed by atoms with Crippen molar-refractivity contribution in [1.29, 1.82) is 0 Å². The van der Waals surface area contributed by atoms with Gasteiger partial charge in [0.05, 0.1) is 12.6 Å². The molecule has 0 spiro atoms. The lowest BCUT2D eigenvalue weighted by molar-refractivity contribution is 0.146. The summed E-state index contributed by atoms with van der Waals surface area (Å²) in [5, 5.41) is 17.4. The zero-order chi connectivity index (χ0) is 13.4. The third kappa shape index (κ3) is 4.63.